The van der Waals surface area contributed by atoms with Crippen LogP contribution in [0.25, 0.3) is 16.2 Å². The van der Waals surface area contributed by atoms with Gasteiger partial charge in [0.15, 0.2) is 5.78 Å². The SMILES string of the molecule is CCOc1ccc(/C=C\C(=O)c2csc3ccccc23)cc1. The molecule has 2 nitrogen and oxygen atoms in total. The largest absolute Gasteiger partial charge is 0.494 e. The number of carbonyl (C=O) groups is 1. The maximum Gasteiger partial charge on any atom is 0.187 e. The zero-order valence-electron chi connectivity index (χ0n) is 12.3. The number of thiophene rings is 1. The van der Waals surface area contributed by atoms with Crippen molar-refractivity contribution >= 4 is 33.3 Å². The lowest BCUT2D eigenvalue weighted by molar-refractivity contribution is 0.104. The van der Waals surface area contributed by atoms with Gasteiger partial charge in [0, 0.05) is 21.0 Å². The van der Waals surface area contributed by atoms with Gasteiger partial charge in [-0.1, -0.05) is 36.4 Å². The van der Waals surface area contributed by atoms with Crippen molar-refractivity contribution in [1.29, 1.82) is 0 Å². The van der Waals surface area contributed by atoms with Gasteiger partial charge in [-0.25, -0.2) is 0 Å². The second kappa shape index (κ2) is 6.58. The van der Waals surface area contributed by atoms with Gasteiger partial charge in [0.1, 0.15) is 5.75 Å². The molecule has 0 atom stereocenters. The Labute approximate surface area is 133 Å². The van der Waals surface area contributed by atoms with Gasteiger partial charge in [-0.05, 0) is 36.8 Å². The summed E-state index contributed by atoms with van der Waals surface area (Å²) in [6, 6.07) is 15.7. The van der Waals surface area contributed by atoms with E-state index in [-0.39, 0.29) is 5.78 Å². The number of ether oxygens (including phenoxy) is 1. The molecule has 3 heteroatoms. The van der Waals surface area contributed by atoms with Crippen LogP contribution in [0.4, 0.5) is 0 Å². The van der Waals surface area contributed by atoms with Crippen molar-refractivity contribution in [1.82, 2.24) is 0 Å². The van der Waals surface area contributed by atoms with Gasteiger partial charge in [0.05, 0.1) is 6.61 Å². The zero-order valence-corrected chi connectivity index (χ0v) is 13.1. The van der Waals surface area contributed by atoms with E-state index in [1.165, 1.54) is 0 Å². The molecule has 0 radical (unpaired) electrons. The van der Waals surface area contributed by atoms with Crippen molar-refractivity contribution in [3.8, 4) is 5.75 Å². The number of hydrogen-bond donors (Lipinski definition) is 0. The Kier molecular flexibility index (Phi) is 4.35. The molecule has 22 heavy (non-hydrogen) atoms. The Morgan fingerprint density at radius 2 is 1.91 bits per heavy atom. The number of carbonyl (C=O) groups excluding carboxylic acids is 1. The third kappa shape index (κ3) is 3.10. The van der Waals surface area contributed by atoms with Crippen LogP contribution >= 0.6 is 11.3 Å². The summed E-state index contributed by atoms with van der Waals surface area (Å²) in [6.07, 6.45) is 3.47. The smallest absolute Gasteiger partial charge is 0.187 e. The summed E-state index contributed by atoms with van der Waals surface area (Å²) >= 11 is 1.60. The van der Waals surface area contributed by atoms with Gasteiger partial charge in [-0.3, -0.25) is 4.79 Å². The van der Waals surface area contributed by atoms with E-state index in [2.05, 4.69) is 0 Å². The van der Waals surface area contributed by atoms with Crippen molar-refractivity contribution < 1.29 is 9.53 Å². The van der Waals surface area contributed by atoms with Gasteiger partial charge in [-0.2, -0.15) is 0 Å². The normalized spacial score (nSPS) is 11.1. The van der Waals surface area contributed by atoms with Crippen LogP contribution in [0.1, 0.15) is 22.8 Å². The van der Waals surface area contributed by atoms with E-state index in [9.17, 15) is 4.79 Å². The third-order valence-corrected chi connectivity index (χ3v) is 4.33. The molecule has 0 unspecified atom stereocenters. The molecule has 0 aliphatic carbocycles. The first-order valence-electron chi connectivity index (χ1n) is 7.19. The maximum absolute atomic E-state index is 12.4. The van der Waals surface area contributed by atoms with Gasteiger partial charge in [0.25, 0.3) is 0 Å². The Morgan fingerprint density at radius 3 is 2.68 bits per heavy atom. The van der Waals surface area contributed by atoms with Gasteiger partial charge in [0.2, 0.25) is 0 Å². The van der Waals surface area contributed by atoms with Gasteiger partial charge in [-0.15, -0.1) is 11.3 Å². The van der Waals surface area contributed by atoms with E-state index in [0.717, 1.165) is 27.0 Å². The van der Waals surface area contributed by atoms with Crippen molar-refractivity contribution in [3.05, 3.63) is 71.1 Å². The summed E-state index contributed by atoms with van der Waals surface area (Å²) < 4.78 is 6.54. The molecule has 0 spiro atoms. The highest BCUT2D eigenvalue weighted by atomic mass is 32.1. The average Bonchev–Trinajstić information content (AvgIpc) is 2.98. The summed E-state index contributed by atoms with van der Waals surface area (Å²) in [5, 5.41) is 2.95. The molecule has 0 fully saturated rings. The van der Waals surface area contributed by atoms with Crippen molar-refractivity contribution in [2.24, 2.45) is 0 Å². The lowest BCUT2D eigenvalue weighted by Crippen LogP contribution is -1.92. The van der Waals surface area contributed by atoms with E-state index < -0.39 is 0 Å². The highest BCUT2D eigenvalue weighted by molar-refractivity contribution is 7.17. The first kappa shape index (κ1) is 14.5. The molecule has 0 bridgehead atoms. The Bertz CT molecular complexity index is 813. The molecule has 0 saturated carbocycles. The van der Waals surface area contributed by atoms with Crippen LogP contribution in [0.15, 0.2) is 60.0 Å². The summed E-state index contributed by atoms with van der Waals surface area (Å²) in [7, 11) is 0. The van der Waals surface area contributed by atoms with Crippen LogP contribution in [0.2, 0.25) is 0 Å². The molecule has 110 valence electrons. The lowest BCUT2D eigenvalue weighted by atomic mass is 10.1. The van der Waals surface area contributed by atoms with E-state index >= 15 is 0 Å². The highest BCUT2D eigenvalue weighted by Gasteiger charge is 2.08. The Balaban J connectivity index is 1.78. The van der Waals surface area contributed by atoms with E-state index in [1.807, 2.05) is 66.9 Å². The monoisotopic (exact) mass is 308 g/mol. The number of fused-ring (bicyclic) bond motifs is 1. The summed E-state index contributed by atoms with van der Waals surface area (Å²) in [4.78, 5) is 12.4. The van der Waals surface area contributed by atoms with Crippen LogP contribution in [0.5, 0.6) is 5.75 Å². The van der Waals surface area contributed by atoms with E-state index in [4.69, 9.17) is 4.74 Å². The number of rotatable bonds is 5. The second-order valence-corrected chi connectivity index (χ2v) is 5.76. The molecule has 3 aromatic rings. The van der Waals surface area contributed by atoms with Crippen LogP contribution in [0.3, 0.4) is 0 Å². The average molecular weight is 308 g/mol. The van der Waals surface area contributed by atoms with Crippen LogP contribution in [0, 0.1) is 0 Å². The molecular formula is C19H16O2S. The van der Waals surface area contributed by atoms with Crippen molar-refractivity contribution in [2.45, 2.75) is 6.92 Å². The molecule has 0 saturated heterocycles. The molecule has 0 aliphatic heterocycles. The summed E-state index contributed by atoms with van der Waals surface area (Å²) in [5.74, 6) is 0.876. The molecule has 0 amide bonds. The molecule has 2 aromatic carbocycles. The molecule has 0 aliphatic rings. The fraction of sp³-hybridized carbons (Fsp3) is 0.105. The molecular weight excluding hydrogens is 292 g/mol. The minimum atomic E-state index is 0.0336. The minimum absolute atomic E-state index is 0.0336. The maximum atomic E-state index is 12.4. The molecule has 0 N–H and O–H groups in total. The summed E-state index contributed by atoms with van der Waals surface area (Å²) in [6.45, 7) is 2.61. The standard InChI is InChI=1S/C19H16O2S/c1-2-21-15-10-7-14(8-11-15)9-12-18(20)17-13-22-19-6-4-3-5-16(17)19/h3-13H,2H2,1H3/b12-9-. The first-order valence-corrected chi connectivity index (χ1v) is 8.07. The highest BCUT2D eigenvalue weighted by Crippen LogP contribution is 2.26. The first-order chi connectivity index (χ1) is 10.8. The van der Waals surface area contributed by atoms with Crippen LogP contribution < -0.4 is 4.74 Å². The Morgan fingerprint density at radius 1 is 1.14 bits per heavy atom. The van der Waals surface area contributed by atoms with Crippen molar-refractivity contribution in [3.63, 3.8) is 0 Å². The third-order valence-electron chi connectivity index (χ3n) is 3.36. The number of ketones is 1. The van der Waals surface area contributed by atoms with Crippen LogP contribution in [-0.2, 0) is 0 Å². The molecule has 1 aromatic heterocycles. The zero-order chi connectivity index (χ0) is 15.4. The fourth-order valence-corrected chi connectivity index (χ4v) is 3.22. The predicted octanol–water partition coefficient (Wildman–Crippen LogP) is 5.20. The van der Waals surface area contributed by atoms with Gasteiger partial charge < -0.3 is 4.74 Å². The second-order valence-electron chi connectivity index (χ2n) is 4.85. The van der Waals surface area contributed by atoms with Crippen LogP contribution in [-0.4, -0.2) is 12.4 Å². The van der Waals surface area contributed by atoms with Crippen molar-refractivity contribution in [2.75, 3.05) is 6.61 Å². The quantitative estimate of drug-likeness (QED) is 0.478. The predicted molar refractivity (Wildman–Crippen MR) is 92.8 cm³/mol. The lowest BCUT2D eigenvalue weighted by Gasteiger charge is -2.02. The van der Waals surface area contributed by atoms with E-state index in [0.29, 0.717) is 6.61 Å². The topological polar surface area (TPSA) is 26.3 Å². The minimum Gasteiger partial charge on any atom is -0.494 e. The fourth-order valence-electron chi connectivity index (χ4n) is 2.27. The van der Waals surface area contributed by atoms with Gasteiger partial charge >= 0.3 is 0 Å². The molecule has 3 rings (SSSR count). The van der Waals surface area contributed by atoms with E-state index in [1.54, 1.807) is 17.4 Å². The number of hydrogen-bond acceptors (Lipinski definition) is 3. The number of benzene rings is 2. The molecule has 1 heterocycles. The Hall–Kier alpha value is -2.39. The number of allylic oxidation sites excluding steroid dienone is 1. The summed E-state index contributed by atoms with van der Waals surface area (Å²) in [5.41, 5.74) is 1.75.